The molecule has 6 aromatic heterocycles. The largest absolute Gasteiger partial charge is 0.247 e. The van der Waals surface area contributed by atoms with E-state index in [0.29, 0.717) is 34.9 Å². The number of hydrogen-bond donors (Lipinski definition) is 0. The van der Waals surface area contributed by atoms with Crippen LogP contribution >= 0.6 is 23.5 Å². The van der Waals surface area contributed by atoms with Gasteiger partial charge in [0.25, 0.3) is 0 Å². The van der Waals surface area contributed by atoms with Crippen LogP contribution in [0, 0.1) is 0 Å². The quantitative estimate of drug-likeness (QED) is 0.101. The summed E-state index contributed by atoms with van der Waals surface area (Å²) in [6, 6.07) is 125. The van der Waals surface area contributed by atoms with Crippen molar-refractivity contribution in [3.05, 3.63) is 364 Å². The molecular formula is C98H60N12S2. The van der Waals surface area contributed by atoms with Crippen molar-refractivity contribution < 1.29 is 0 Å². The minimum atomic E-state index is 0.616. The number of benzene rings is 15. The van der Waals surface area contributed by atoms with Crippen LogP contribution in [0.25, 0.3) is 212 Å². The van der Waals surface area contributed by atoms with Crippen molar-refractivity contribution in [1.29, 1.82) is 0 Å². The van der Waals surface area contributed by atoms with Gasteiger partial charge >= 0.3 is 0 Å². The summed E-state index contributed by atoms with van der Waals surface area (Å²) in [6.45, 7) is 0. The summed E-state index contributed by atoms with van der Waals surface area (Å²) in [5.41, 5.74) is 26.3. The highest BCUT2D eigenvalue weighted by Gasteiger charge is 2.21. The molecule has 6 heterocycles. The Balaban J connectivity index is 0.000000147. The molecule has 0 atom stereocenters. The first-order valence-corrected chi connectivity index (χ1v) is 38.3. The van der Waals surface area contributed by atoms with Crippen LogP contribution < -0.4 is 0 Å². The van der Waals surface area contributed by atoms with Crippen molar-refractivity contribution in [2.75, 3.05) is 0 Å². The lowest BCUT2D eigenvalue weighted by Gasteiger charge is -2.12. The molecule has 0 bridgehead atoms. The van der Waals surface area contributed by atoms with E-state index in [1.807, 2.05) is 72.8 Å². The molecule has 0 aliphatic carbocycles. The van der Waals surface area contributed by atoms with Gasteiger partial charge in [0, 0.05) is 76.8 Å². The lowest BCUT2D eigenvalue weighted by Crippen LogP contribution is -2.00. The predicted molar refractivity (Wildman–Crippen MR) is 458 cm³/mol. The maximum absolute atomic E-state index is 5.14. The summed E-state index contributed by atoms with van der Waals surface area (Å²) in [4.78, 5) is 40.3. The Bertz CT molecular complexity index is 6950. The molecule has 0 aliphatic rings. The number of fused-ring (bicyclic) bond motifs is 10. The molecule has 0 N–H and O–H groups in total. The SMILES string of the molecule is c1ccc(-c2ccc(-c3nc(-c4ccc(-c5ccccc5)cc4)nc(-c4ccc(-c5ccc(-c6nc7ccccc7c7c6ccc6nsnc67)cc5)cc4)n3)cc2)cc1.c1ccc(-c2cccc(-c3nc(-c4ccccc4)nc(-c4ccc(-c5ccc(-c6nc7ccccc7c7c6ccc6nsnc67)cc5)cc4)n3)c2)cc1. The van der Waals surface area contributed by atoms with Gasteiger partial charge in [-0.05, 0) is 98.1 Å². The predicted octanol–water partition coefficient (Wildman–Crippen LogP) is 24.8. The average molecular weight is 1470 g/mol. The van der Waals surface area contributed by atoms with E-state index in [-0.39, 0.29) is 0 Å². The van der Waals surface area contributed by atoms with Crippen LogP contribution in [-0.2, 0) is 0 Å². The third-order valence-electron chi connectivity index (χ3n) is 20.5. The van der Waals surface area contributed by atoms with Gasteiger partial charge < -0.3 is 0 Å². The summed E-state index contributed by atoms with van der Waals surface area (Å²) in [6.07, 6.45) is 0. The third-order valence-corrected chi connectivity index (χ3v) is 21.6. The summed E-state index contributed by atoms with van der Waals surface area (Å²) >= 11 is 2.49. The van der Waals surface area contributed by atoms with Crippen molar-refractivity contribution in [2.24, 2.45) is 0 Å². The van der Waals surface area contributed by atoms with E-state index < -0.39 is 0 Å². The summed E-state index contributed by atoms with van der Waals surface area (Å²) in [7, 11) is 0. The number of pyridine rings is 2. The van der Waals surface area contributed by atoms with Crippen LogP contribution in [-0.4, -0.2) is 57.4 Å². The fourth-order valence-corrected chi connectivity index (χ4v) is 15.8. The number of rotatable bonds is 13. The second kappa shape index (κ2) is 29.1. The third kappa shape index (κ3) is 13.0. The summed E-state index contributed by atoms with van der Waals surface area (Å²) in [5.74, 6) is 3.75. The number of hydrogen-bond acceptors (Lipinski definition) is 14. The van der Waals surface area contributed by atoms with Gasteiger partial charge in [0.15, 0.2) is 34.9 Å². The molecule has 0 saturated carbocycles. The van der Waals surface area contributed by atoms with Gasteiger partial charge in [0.05, 0.1) is 45.9 Å². The first kappa shape index (κ1) is 66.7. The Kier molecular flexibility index (Phi) is 17.3. The van der Waals surface area contributed by atoms with E-state index in [1.54, 1.807) is 0 Å². The fourth-order valence-electron chi connectivity index (χ4n) is 14.7. The monoisotopic (exact) mass is 1470 g/mol. The fraction of sp³-hybridized carbons (Fsp3) is 0. The van der Waals surface area contributed by atoms with Crippen molar-refractivity contribution in [2.45, 2.75) is 0 Å². The Morgan fingerprint density at radius 2 is 0.402 bits per heavy atom. The highest BCUT2D eigenvalue weighted by Crippen LogP contribution is 2.41. The molecule has 524 valence electrons. The van der Waals surface area contributed by atoms with Gasteiger partial charge in [-0.25, -0.2) is 39.9 Å². The minimum Gasteiger partial charge on any atom is -0.247 e. The maximum Gasteiger partial charge on any atom is 0.164 e. The molecule has 0 aliphatic heterocycles. The Labute approximate surface area is 652 Å². The average Bonchev–Trinajstić information content (AvgIpc) is 1.31. The van der Waals surface area contributed by atoms with Gasteiger partial charge in [-0.15, -0.1) is 0 Å². The van der Waals surface area contributed by atoms with E-state index in [0.717, 1.165) is 166 Å². The van der Waals surface area contributed by atoms with Crippen LogP contribution in [0.15, 0.2) is 364 Å². The number of nitrogens with zero attached hydrogens (tertiary/aromatic N) is 12. The first-order valence-electron chi connectivity index (χ1n) is 36.8. The zero-order valence-electron chi connectivity index (χ0n) is 59.8. The van der Waals surface area contributed by atoms with Crippen molar-refractivity contribution in [3.8, 4) is 146 Å². The normalized spacial score (nSPS) is 11.4. The van der Waals surface area contributed by atoms with Crippen molar-refractivity contribution >= 4 is 88.9 Å². The van der Waals surface area contributed by atoms with E-state index in [2.05, 4.69) is 309 Å². The lowest BCUT2D eigenvalue weighted by atomic mass is 9.97. The van der Waals surface area contributed by atoms with Crippen LogP contribution in [0.5, 0.6) is 0 Å². The zero-order valence-corrected chi connectivity index (χ0v) is 61.5. The van der Waals surface area contributed by atoms with E-state index in [9.17, 15) is 0 Å². The topological polar surface area (TPSA) is 155 Å². The molecule has 14 heteroatoms. The molecule has 12 nitrogen and oxygen atoms in total. The van der Waals surface area contributed by atoms with E-state index in [4.69, 9.17) is 39.9 Å². The summed E-state index contributed by atoms with van der Waals surface area (Å²) < 4.78 is 18.3. The number of para-hydroxylation sites is 2. The van der Waals surface area contributed by atoms with Gasteiger partial charge in [-0.1, -0.05) is 322 Å². The van der Waals surface area contributed by atoms with Crippen molar-refractivity contribution in [1.82, 2.24) is 57.4 Å². The minimum absolute atomic E-state index is 0.616. The van der Waals surface area contributed by atoms with Crippen LogP contribution in [0.3, 0.4) is 0 Å². The molecule has 0 saturated heterocycles. The maximum atomic E-state index is 5.14. The molecule has 0 fully saturated rings. The first-order chi connectivity index (χ1) is 55.5. The second-order valence-electron chi connectivity index (χ2n) is 27.3. The van der Waals surface area contributed by atoms with E-state index >= 15 is 0 Å². The van der Waals surface area contributed by atoms with Crippen molar-refractivity contribution in [3.63, 3.8) is 0 Å². The molecule has 0 spiro atoms. The van der Waals surface area contributed by atoms with E-state index in [1.165, 1.54) is 34.6 Å². The molecule has 0 radical (unpaired) electrons. The number of aromatic nitrogens is 12. The highest BCUT2D eigenvalue weighted by atomic mass is 32.1. The smallest absolute Gasteiger partial charge is 0.164 e. The Morgan fingerprint density at radius 3 is 0.750 bits per heavy atom. The standard InChI is InChI=1S/C52H32N6S.C46H28N6S/c1-3-9-33(10-4-1)35-17-25-40(26-18-35)50-54-51(41-27-19-36(20-28-41)34-11-5-2-6-12-34)56-52(55-50)42-29-21-38(22-30-42)37-15-23-39(24-16-37)48-44-31-32-46-49(58-59-57-46)47(44)43-13-7-8-14-45(43)53-48;1-3-10-29(11-4-1)35-14-9-15-36(28-35)46-49-44(33-12-5-2-6-13-33)48-45(50-46)34-24-20-31(21-25-34)30-18-22-32(23-19-30)42-38-26-27-40-43(52-53-51-40)41(38)37-16-7-8-17-39(37)47-42/h1-32H;1-28H. The van der Waals surface area contributed by atoms with Crippen LogP contribution in [0.4, 0.5) is 0 Å². The van der Waals surface area contributed by atoms with Gasteiger partial charge in [-0.3, -0.25) is 0 Å². The van der Waals surface area contributed by atoms with Crippen LogP contribution in [0.2, 0.25) is 0 Å². The van der Waals surface area contributed by atoms with Gasteiger partial charge in [0.1, 0.15) is 22.1 Å². The van der Waals surface area contributed by atoms with Gasteiger partial charge in [-0.2, -0.15) is 17.5 Å². The second-order valence-corrected chi connectivity index (χ2v) is 28.4. The zero-order chi connectivity index (χ0) is 74.3. The lowest BCUT2D eigenvalue weighted by molar-refractivity contribution is 1.07. The Hall–Kier alpha value is -14.7. The molecular weight excluding hydrogens is 1410 g/mol. The van der Waals surface area contributed by atoms with Gasteiger partial charge in [0.2, 0.25) is 0 Å². The molecule has 0 unspecified atom stereocenters. The molecule has 112 heavy (non-hydrogen) atoms. The molecule has 0 amide bonds. The molecule has 15 aromatic carbocycles. The molecule has 21 aromatic rings. The molecule has 21 rings (SSSR count). The van der Waals surface area contributed by atoms with Crippen LogP contribution in [0.1, 0.15) is 0 Å². The Morgan fingerprint density at radius 1 is 0.152 bits per heavy atom. The highest BCUT2D eigenvalue weighted by molar-refractivity contribution is 7.00. The summed E-state index contributed by atoms with van der Waals surface area (Å²) in [5, 5.41) is 6.49.